The standard InChI is InChI=1S/C9H17N3OS/c1-7-4-8(12(3)11-7)14-6-9(2,13)5-10/h4,13H,5-6,10H2,1-3H3. The van der Waals surface area contributed by atoms with Crippen LogP contribution in [0.15, 0.2) is 11.1 Å². The monoisotopic (exact) mass is 215 g/mol. The molecule has 0 spiro atoms. The van der Waals surface area contributed by atoms with Gasteiger partial charge >= 0.3 is 0 Å². The minimum atomic E-state index is -0.803. The maximum absolute atomic E-state index is 9.71. The fraction of sp³-hybridized carbons (Fsp3) is 0.667. The average molecular weight is 215 g/mol. The molecule has 1 rings (SSSR count). The summed E-state index contributed by atoms with van der Waals surface area (Å²) >= 11 is 1.57. The first-order chi connectivity index (χ1) is 6.44. The van der Waals surface area contributed by atoms with Crippen LogP contribution in [0.1, 0.15) is 12.6 Å². The molecular weight excluding hydrogens is 198 g/mol. The number of aryl methyl sites for hydroxylation is 2. The van der Waals surface area contributed by atoms with E-state index in [4.69, 9.17) is 5.73 Å². The van der Waals surface area contributed by atoms with Gasteiger partial charge < -0.3 is 10.8 Å². The summed E-state index contributed by atoms with van der Waals surface area (Å²) in [5.74, 6) is 0.586. The van der Waals surface area contributed by atoms with Crippen molar-refractivity contribution in [1.82, 2.24) is 9.78 Å². The van der Waals surface area contributed by atoms with Crippen LogP contribution in [0.4, 0.5) is 0 Å². The minimum Gasteiger partial charge on any atom is -0.388 e. The van der Waals surface area contributed by atoms with E-state index in [1.807, 2.05) is 24.7 Å². The van der Waals surface area contributed by atoms with Gasteiger partial charge in [-0.1, -0.05) is 0 Å². The van der Waals surface area contributed by atoms with Gasteiger partial charge in [-0.05, 0) is 19.9 Å². The highest BCUT2D eigenvalue weighted by Crippen LogP contribution is 2.22. The van der Waals surface area contributed by atoms with Gasteiger partial charge in [0.1, 0.15) is 0 Å². The smallest absolute Gasteiger partial charge is 0.0940 e. The summed E-state index contributed by atoms with van der Waals surface area (Å²) in [5, 5.41) is 15.0. The van der Waals surface area contributed by atoms with Crippen LogP contribution in [0.2, 0.25) is 0 Å². The molecule has 0 aliphatic rings. The Labute approximate surface area is 88.5 Å². The third kappa shape index (κ3) is 3.01. The number of aliphatic hydroxyl groups is 1. The lowest BCUT2D eigenvalue weighted by Crippen LogP contribution is -2.36. The zero-order chi connectivity index (χ0) is 10.8. The fourth-order valence-electron chi connectivity index (χ4n) is 1.01. The van der Waals surface area contributed by atoms with Gasteiger partial charge in [0.15, 0.2) is 0 Å². The van der Waals surface area contributed by atoms with Gasteiger partial charge in [-0.15, -0.1) is 11.8 Å². The van der Waals surface area contributed by atoms with Crippen molar-refractivity contribution in [2.45, 2.75) is 24.5 Å². The van der Waals surface area contributed by atoms with E-state index in [-0.39, 0.29) is 6.54 Å². The predicted octanol–water partition coefficient (Wildman–Crippen LogP) is 0.530. The third-order valence-corrected chi connectivity index (χ3v) is 3.37. The zero-order valence-corrected chi connectivity index (χ0v) is 9.64. The topological polar surface area (TPSA) is 64.1 Å². The first kappa shape index (κ1) is 11.6. The Bertz CT molecular complexity index is 309. The second-order valence-corrected chi connectivity index (χ2v) is 4.73. The number of hydrogen-bond acceptors (Lipinski definition) is 4. The van der Waals surface area contributed by atoms with Crippen molar-refractivity contribution < 1.29 is 5.11 Å². The Balaban J connectivity index is 2.58. The first-order valence-electron chi connectivity index (χ1n) is 4.50. The van der Waals surface area contributed by atoms with Crippen LogP contribution in [0.5, 0.6) is 0 Å². The van der Waals surface area contributed by atoms with Crippen LogP contribution in [-0.2, 0) is 7.05 Å². The van der Waals surface area contributed by atoms with Gasteiger partial charge in [0.25, 0.3) is 0 Å². The SMILES string of the molecule is Cc1cc(SCC(C)(O)CN)n(C)n1. The second-order valence-electron chi connectivity index (χ2n) is 3.74. The van der Waals surface area contributed by atoms with E-state index < -0.39 is 5.60 Å². The molecule has 1 unspecified atom stereocenters. The Hall–Kier alpha value is -0.520. The summed E-state index contributed by atoms with van der Waals surface area (Å²) in [6, 6.07) is 2.00. The fourth-order valence-corrected chi connectivity index (χ4v) is 2.07. The van der Waals surface area contributed by atoms with Crippen molar-refractivity contribution in [2.75, 3.05) is 12.3 Å². The number of rotatable bonds is 4. The number of nitrogens with two attached hydrogens (primary N) is 1. The van der Waals surface area contributed by atoms with Crippen LogP contribution in [0, 0.1) is 6.92 Å². The van der Waals surface area contributed by atoms with Crippen molar-refractivity contribution in [2.24, 2.45) is 12.8 Å². The van der Waals surface area contributed by atoms with E-state index in [9.17, 15) is 5.11 Å². The van der Waals surface area contributed by atoms with E-state index >= 15 is 0 Å². The molecule has 0 aliphatic heterocycles. The summed E-state index contributed by atoms with van der Waals surface area (Å²) in [6.07, 6.45) is 0. The van der Waals surface area contributed by atoms with E-state index in [2.05, 4.69) is 5.10 Å². The molecule has 0 amide bonds. The van der Waals surface area contributed by atoms with Gasteiger partial charge in [0.05, 0.1) is 16.3 Å². The number of thioether (sulfide) groups is 1. The van der Waals surface area contributed by atoms with Crippen molar-refractivity contribution >= 4 is 11.8 Å². The predicted molar refractivity (Wildman–Crippen MR) is 58.3 cm³/mol. The zero-order valence-electron chi connectivity index (χ0n) is 8.82. The molecule has 80 valence electrons. The molecule has 14 heavy (non-hydrogen) atoms. The summed E-state index contributed by atoms with van der Waals surface area (Å²) in [6.45, 7) is 3.96. The molecular formula is C9H17N3OS. The molecule has 0 aliphatic carbocycles. The van der Waals surface area contributed by atoms with E-state index in [0.717, 1.165) is 10.7 Å². The highest BCUT2D eigenvalue weighted by molar-refractivity contribution is 7.99. The molecule has 0 radical (unpaired) electrons. The van der Waals surface area contributed by atoms with Crippen LogP contribution < -0.4 is 5.73 Å². The molecule has 1 aromatic rings. The molecule has 1 heterocycles. The number of hydrogen-bond donors (Lipinski definition) is 2. The van der Waals surface area contributed by atoms with Crippen LogP contribution >= 0.6 is 11.8 Å². The second kappa shape index (κ2) is 4.33. The van der Waals surface area contributed by atoms with Gasteiger partial charge in [-0.3, -0.25) is 4.68 Å². The largest absolute Gasteiger partial charge is 0.388 e. The lowest BCUT2D eigenvalue weighted by atomic mass is 10.1. The maximum Gasteiger partial charge on any atom is 0.0940 e. The normalized spacial score (nSPS) is 15.5. The molecule has 5 heteroatoms. The van der Waals surface area contributed by atoms with Crippen molar-refractivity contribution in [3.8, 4) is 0 Å². The van der Waals surface area contributed by atoms with E-state index in [1.54, 1.807) is 18.7 Å². The summed E-state index contributed by atoms with van der Waals surface area (Å²) in [7, 11) is 1.90. The molecule has 0 saturated carbocycles. The Kier molecular flexibility index (Phi) is 3.58. The molecule has 4 nitrogen and oxygen atoms in total. The summed E-state index contributed by atoms with van der Waals surface area (Å²) < 4.78 is 1.81. The molecule has 0 fully saturated rings. The highest BCUT2D eigenvalue weighted by atomic mass is 32.2. The number of aromatic nitrogens is 2. The first-order valence-corrected chi connectivity index (χ1v) is 5.49. The van der Waals surface area contributed by atoms with Crippen LogP contribution in [-0.4, -0.2) is 32.8 Å². The van der Waals surface area contributed by atoms with Gasteiger partial charge in [0, 0.05) is 19.3 Å². The van der Waals surface area contributed by atoms with E-state index in [0.29, 0.717) is 5.75 Å². The van der Waals surface area contributed by atoms with Gasteiger partial charge in [-0.2, -0.15) is 5.10 Å². The molecule has 1 aromatic heterocycles. The Morgan fingerprint density at radius 3 is 2.79 bits per heavy atom. The molecule has 3 N–H and O–H groups in total. The lowest BCUT2D eigenvalue weighted by Gasteiger charge is -2.19. The number of nitrogens with zero attached hydrogens (tertiary/aromatic N) is 2. The third-order valence-electron chi connectivity index (χ3n) is 1.93. The quantitative estimate of drug-likeness (QED) is 0.719. The van der Waals surface area contributed by atoms with Crippen LogP contribution in [0.25, 0.3) is 0 Å². The van der Waals surface area contributed by atoms with Gasteiger partial charge in [-0.25, -0.2) is 0 Å². The van der Waals surface area contributed by atoms with Crippen molar-refractivity contribution in [3.05, 3.63) is 11.8 Å². The highest BCUT2D eigenvalue weighted by Gasteiger charge is 2.19. The minimum absolute atomic E-state index is 0.275. The van der Waals surface area contributed by atoms with Gasteiger partial charge in [0.2, 0.25) is 0 Å². The molecule has 1 atom stereocenters. The van der Waals surface area contributed by atoms with E-state index in [1.165, 1.54) is 0 Å². The Morgan fingerprint density at radius 1 is 1.71 bits per heavy atom. The lowest BCUT2D eigenvalue weighted by molar-refractivity contribution is 0.0949. The maximum atomic E-state index is 9.71. The Morgan fingerprint density at radius 2 is 2.36 bits per heavy atom. The molecule has 0 aromatic carbocycles. The summed E-state index contributed by atoms with van der Waals surface area (Å²) in [5.41, 5.74) is 5.61. The van der Waals surface area contributed by atoms with Crippen molar-refractivity contribution in [1.29, 1.82) is 0 Å². The average Bonchev–Trinajstić information content (AvgIpc) is 2.42. The summed E-state index contributed by atoms with van der Waals surface area (Å²) in [4.78, 5) is 0. The molecule has 0 bridgehead atoms. The van der Waals surface area contributed by atoms with Crippen molar-refractivity contribution in [3.63, 3.8) is 0 Å². The van der Waals surface area contributed by atoms with Crippen LogP contribution in [0.3, 0.4) is 0 Å². The molecule has 0 saturated heterocycles.